The average molecular weight is 377 g/mol. The van der Waals surface area contributed by atoms with Crippen LogP contribution in [-0.2, 0) is 11.3 Å². The zero-order chi connectivity index (χ0) is 19.1. The molecule has 0 saturated heterocycles. The van der Waals surface area contributed by atoms with Gasteiger partial charge < -0.3 is 14.8 Å². The van der Waals surface area contributed by atoms with Crippen LogP contribution in [0.5, 0.6) is 11.5 Å². The fourth-order valence-electron chi connectivity index (χ4n) is 2.47. The van der Waals surface area contributed by atoms with Gasteiger partial charge in [0, 0.05) is 12.2 Å². The Balaban J connectivity index is 1.95. The molecular weight excluding hydrogens is 352 g/mol. The van der Waals surface area contributed by atoms with Crippen LogP contribution in [0, 0.1) is 0 Å². The van der Waals surface area contributed by atoms with Crippen molar-refractivity contribution in [3.05, 3.63) is 53.1 Å². The van der Waals surface area contributed by atoms with Crippen LogP contribution < -0.4 is 14.8 Å². The van der Waals surface area contributed by atoms with Gasteiger partial charge in [0.05, 0.1) is 24.8 Å². The van der Waals surface area contributed by atoms with E-state index in [0.717, 1.165) is 11.3 Å². The molecule has 1 atom stereocenters. The lowest BCUT2D eigenvalue weighted by Gasteiger charge is -2.24. The molecule has 0 fully saturated rings. The van der Waals surface area contributed by atoms with Gasteiger partial charge in [0.15, 0.2) is 0 Å². The minimum atomic E-state index is -0.303. The number of hydrogen-bond acceptors (Lipinski definition) is 4. The highest BCUT2D eigenvalue weighted by Gasteiger charge is 2.18. The predicted molar refractivity (Wildman–Crippen MR) is 105 cm³/mol. The van der Waals surface area contributed by atoms with Crippen molar-refractivity contribution in [1.82, 2.24) is 4.90 Å². The zero-order valence-electron chi connectivity index (χ0n) is 15.6. The first-order valence-corrected chi connectivity index (χ1v) is 8.88. The molecule has 0 aromatic heterocycles. The molecule has 0 bridgehead atoms. The topological polar surface area (TPSA) is 50.8 Å². The number of amides is 1. The summed E-state index contributed by atoms with van der Waals surface area (Å²) in [4.78, 5) is 14.5. The Morgan fingerprint density at radius 1 is 1.23 bits per heavy atom. The fraction of sp³-hybridized carbons (Fsp3) is 0.350. The summed E-state index contributed by atoms with van der Waals surface area (Å²) in [6, 6.07) is 12.8. The first-order valence-electron chi connectivity index (χ1n) is 8.51. The number of hydrogen-bond donors (Lipinski definition) is 1. The molecule has 0 aliphatic heterocycles. The van der Waals surface area contributed by atoms with E-state index >= 15 is 0 Å². The van der Waals surface area contributed by atoms with E-state index in [1.54, 1.807) is 25.3 Å². The van der Waals surface area contributed by atoms with Crippen LogP contribution in [0.1, 0.15) is 19.4 Å². The predicted octanol–water partition coefficient (Wildman–Crippen LogP) is 4.21. The molecule has 0 unspecified atom stereocenters. The van der Waals surface area contributed by atoms with E-state index in [4.69, 9.17) is 21.1 Å². The molecule has 1 amide bonds. The quantitative estimate of drug-likeness (QED) is 0.749. The van der Waals surface area contributed by atoms with Crippen molar-refractivity contribution in [1.29, 1.82) is 0 Å². The molecule has 5 nitrogen and oxygen atoms in total. The molecule has 0 aliphatic rings. The molecule has 2 aromatic rings. The second kappa shape index (κ2) is 9.46. The summed E-state index contributed by atoms with van der Waals surface area (Å²) < 4.78 is 10.6. The van der Waals surface area contributed by atoms with Crippen molar-refractivity contribution in [3.63, 3.8) is 0 Å². The van der Waals surface area contributed by atoms with E-state index in [9.17, 15) is 4.79 Å². The minimum Gasteiger partial charge on any atom is -0.495 e. The molecular formula is C20H25ClN2O3. The van der Waals surface area contributed by atoms with Gasteiger partial charge >= 0.3 is 0 Å². The summed E-state index contributed by atoms with van der Waals surface area (Å²) in [6.07, 6.45) is 0. The number of methoxy groups -OCH3 is 1. The molecule has 6 heteroatoms. The Hall–Kier alpha value is -2.24. The van der Waals surface area contributed by atoms with Gasteiger partial charge in [-0.1, -0.05) is 23.7 Å². The third kappa shape index (κ3) is 5.38. The number of anilines is 1. The summed E-state index contributed by atoms with van der Waals surface area (Å²) in [5.41, 5.74) is 1.75. The summed E-state index contributed by atoms with van der Waals surface area (Å²) in [7, 11) is 3.47. The van der Waals surface area contributed by atoms with Gasteiger partial charge in [-0.05, 0) is 56.8 Å². The van der Waals surface area contributed by atoms with Crippen molar-refractivity contribution >= 4 is 23.2 Å². The lowest BCUT2D eigenvalue weighted by molar-refractivity contribution is -0.120. The van der Waals surface area contributed by atoms with E-state index in [0.29, 0.717) is 29.6 Å². The Kier molecular flexibility index (Phi) is 7.30. The van der Waals surface area contributed by atoms with E-state index in [1.165, 1.54) is 0 Å². The normalized spacial score (nSPS) is 11.9. The van der Waals surface area contributed by atoms with Crippen molar-refractivity contribution in [3.8, 4) is 11.5 Å². The third-order valence-corrected chi connectivity index (χ3v) is 4.42. The number of nitrogens with zero attached hydrogens (tertiary/aromatic N) is 1. The molecule has 140 valence electrons. The Morgan fingerprint density at radius 3 is 2.50 bits per heavy atom. The first kappa shape index (κ1) is 20.1. The van der Waals surface area contributed by atoms with Crippen molar-refractivity contribution in [2.24, 2.45) is 0 Å². The van der Waals surface area contributed by atoms with Crippen molar-refractivity contribution in [2.45, 2.75) is 26.4 Å². The van der Waals surface area contributed by atoms with E-state index in [-0.39, 0.29) is 11.9 Å². The van der Waals surface area contributed by atoms with Gasteiger partial charge in [-0.2, -0.15) is 0 Å². The smallest absolute Gasteiger partial charge is 0.241 e. The van der Waals surface area contributed by atoms with Crippen molar-refractivity contribution < 1.29 is 14.3 Å². The molecule has 0 aliphatic carbocycles. The molecule has 2 rings (SSSR count). The lowest BCUT2D eigenvalue weighted by Crippen LogP contribution is -2.39. The first-order chi connectivity index (χ1) is 12.4. The third-order valence-electron chi connectivity index (χ3n) is 4.13. The second-order valence-electron chi connectivity index (χ2n) is 6.01. The number of likely N-dealkylation sites (N-methyl/N-ethyl adjacent to an activating group) is 1. The maximum absolute atomic E-state index is 12.5. The Morgan fingerprint density at radius 2 is 1.92 bits per heavy atom. The van der Waals surface area contributed by atoms with Crippen LogP contribution in [0.4, 0.5) is 5.69 Å². The van der Waals surface area contributed by atoms with Crippen LogP contribution in [0.15, 0.2) is 42.5 Å². The summed E-state index contributed by atoms with van der Waals surface area (Å²) >= 11 is 6.10. The number of rotatable bonds is 8. The maximum atomic E-state index is 12.5. The van der Waals surface area contributed by atoms with E-state index in [1.807, 2.05) is 50.1 Å². The van der Waals surface area contributed by atoms with Crippen LogP contribution in [0.3, 0.4) is 0 Å². The van der Waals surface area contributed by atoms with Gasteiger partial charge in [0.2, 0.25) is 5.91 Å². The van der Waals surface area contributed by atoms with E-state index in [2.05, 4.69) is 5.32 Å². The van der Waals surface area contributed by atoms with Crippen LogP contribution in [0.25, 0.3) is 0 Å². The highest BCUT2D eigenvalue weighted by Crippen LogP contribution is 2.27. The van der Waals surface area contributed by atoms with Gasteiger partial charge in [0.1, 0.15) is 11.5 Å². The average Bonchev–Trinajstić information content (AvgIpc) is 2.63. The second-order valence-corrected chi connectivity index (χ2v) is 6.41. The lowest BCUT2D eigenvalue weighted by atomic mass is 10.1. The largest absolute Gasteiger partial charge is 0.495 e. The number of benzene rings is 2. The number of ether oxygens (including phenoxy) is 2. The molecule has 1 N–H and O–H groups in total. The van der Waals surface area contributed by atoms with Gasteiger partial charge in [-0.3, -0.25) is 9.69 Å². The standard InChI is InChI=1S/C20H25ClN2O3/c1-5-26-17-9-6-15(7-10-17)13-23(3)14(2)20(24)22-16-8-11-19(25-4)18(21)12-16/h6-12,14H,5,13H2,1-4H3,(H,22,24)/t14-/m0/s1. The fourth-order valence-corrected chi connectivity index (χ4v) is 2.73. The van der Waals surface area contributed by atoms with Gasteiger partial charge in [-0.15, -0.1) is 0 Å². The minimum absolute atomic E-state index is 0.0975. The highest BCUT2D eigenvalue weighted by atomic mass is 35.5. The molecule has 2 aromatic carbocycles. The summed E-state index contributed by atoms with van der Waals surface area (Å²) in [6.45, 7) is 5.13. The number of carbonyl (C=O) groups excluding carboxylic acids is 1. The van der Waals surface area contributed by atoms with Crippen LogP contribution in [-0.4, -0.2) is 37.6 Å². The van der Waals surface area contributed by atoms with Crippen LogP contribution in [0.2, 0.25) is 5.02 Å². The molecule has 0 radical (unpaired) electrons. The Labute approximate surface area is 159 Å². The SMILES string of the molecule is CCOc1ccc(CN(C)[C@@H](C)C(=O)Nc2ccc(OC)c(Cl)c2)cc1. The highest BCUT2D eigenvalue weighted by molar-refractivity contribution is 6.32. The number of nitrogens with one attached hydrogen (secondary N) is 1. The van der Waals surface area contributed by atoms with Crippen LogP contribution >= 0.6 is 11.6 Å². The summed E-state index contributed by atoms with van der Waals surface area (Å²) in [5, 5.41) is 3.34. The number of halogens is 1. The molecule has 0 saturated carbocycles. The monoisotopic (exact) mass is 376 g/mol. The van der Waals surface area contributed by atoms with Crippen molar-refractivity contribution in [2.75, 3.05) is 26.1 Å². The zero-order valence-corrected chi connectivity index (χ0v) is 16.3. The molecule has 0 spiro atoms. The van der Waals surface area contributed by atoms with Gasteiger partial charge in [-0.25, -0.2) is 0 Å². The molecule has 26 heavy (non-hydrogen) atoms. The van der Waals surface area contributed by atoms with E-state index < -0.39 is 0 Å². The summed E-state index contributed by atoms with van der Waals surface area (Å²) in [5.74, 6) is 1.33. The Bertz CT molecular complexity index is 734. The molecule has 0 heterocycles. The number of carbonyl (C=O) groups is 1. The maximum Gasteiger partial charge on any atom is 0.241 e. The van der Waals surface area contributed by atoms with Gasteiger partial charge in [0.25, 0.3) is 0 Å².